The Morgan fingerprint density at radius 3 is 0.746 bits per heavy atom. The van der Waals surface area contributed by atoms with E-state index in [1.807, 2.05) is 0 Å². The van der Waals surface area contributed by atoms with E-state index < -0.39 is 0 Å². The van der Waals surface area contributed by atoms with Crippen molar-refractivity contribution < 1.29 is 0 Å². The van der Waals surface area contributed by atoms with Crippen LogP contribution in [0.25, 0.3) is 231 Å². The van der Waals surface area contributed by atoms with Crippen LogP contribution in [0.5, 0.6) is 0 Å². The molecule has 0 atom stereocenters. The average Bonchev–Trinajstić information content (AvgIpc) is 1.40. The van der Waals surface area contributed by atoms with Gasteiger partial charge < -0.3 is 9.13 Å². The lowest BCUT2D eigenvalue weighted by Crippen LogP contribution is -1.92. The standard InChI is InChI=1S/C64H41N.C56H37N/c1-2-12-48-37-49(30-23-42(48)11-1)44-31-34-53(35-32-44)65-41-63(47-28-26-46(27-29-47)61-40-52-14-4-6-16-55(52)57-18-8-10-20-59(57)61)62-38-50(33-36-64(62)65)43-21-24-45(25-22-43)60-39-51-13-3-5-15-54(51)56-17-7-9-19-58(56)60;1-2-12-46-35-47(28-21-38(46)9-1)40-29-32-49(33-30-40)57-37-55(45-26-24-44(25-27-45)53-18-8-14-42-11-4-6-16-51(42)53)54-36-48(31-34-56(54)57)39-19-22-43(23-20-39)52-17-7-13-41-10-3-5-15-50(41)52/h1-41H;1-37H. The summed E-state index contributed by atoms with van der Waals surface area (Å²) in [5, 5.41) is 22.7. The van der Waals surface area contributed by atoms with Crippen LogP contribution in [0.1, 0.15) is 0 Å². The molecule has 2 nitrogen and oxygen atoms in total. The second kappa shape index (κ2) is 30.2. The molecule has 0 saturated carbocycles. The molecule has 0 aliphatic carbocycles. The first kappa shape index (κ1) is 71.3. The number of hydrogen-bond donors (Lipinski definition) is 0. The Kier molecular flexibility index (Phi) is 17.6. The van der Waals surface area contributed by atoms with Crippen molar-refractivity contribution in [2.75, 3.05) is 0 Å². The lowest BCUT2D eigenvalue weighted by atomic mass is 9.92. The summed E-state index contributed by atoms with van der Waals surface area (Å²) in [7, 11) is 0. The van der Waals surface area contributed by atoms with E-state index in [0.717, 1.165) is 11.4 Å². The summed E-state index contributed by atoms with van der Waals surface area (Å²) < 4.78 is 4.71. The molecule has 24 rings (SSSR count). The van der Waals surface area contributed by atoms with E-state index in [0.29, 0.717) is 0 Å². The third-order valence-electron chi connectivity index (χ3n) is 25.3. The molecule has 2 heteroatoms. The van der Waals surface area contributed by atoms with Crippen LogP contribution in [0.4, 0.5) is 0 Å². The smallest absolute Gasteiger partial charge is 0.0535 e. The van der Waals surface area contributed by atoms with E-state index in [-0.39, 0.29) is 0 Å². The molecule has 0 spiro atoms. The van der Waals surface area contributed by atoms with Gasteiger partial charge in [0.25, 0.3) is 0 Å². The van der Waals surface area contributed by atoms with Crippen molar-refractivity contribution in [2.24, 2.45) is 0 Å². The highest BCUT2D eigenvalue weighted by Gasteiger charge is 2.20. The molecule has 22 aromatic carbocycles. The van der Waals surface area contributed by atoms with Gasteiger partial charge in [0.1, 0.15) is 0 Å². The second-order valence-corrected chi connectivity index (χ2v) is 32.3. The fourth-order valence-corrected chi connectivity index (χ4v) is 19.0. The molecule has 0 unspecified atom stereocenters. The van der Waals surface area contributed by atoms with E-state index in [1.54, 1.807) is 0 Å². The van der Waals surface area contributed by atoms with Crippen molar-refractivity contribution in [1.82, 2.24) is 9.13 Å². The average molecular weight is 1550 g/mol. The van der Waals surface area contributed by atoms with Gasteiger partial charge in [0.05, 0.1) is 11.0 Å². The van der Waals surface area contributed by atoms with Crippen LogP contribution >= 0.6 is 0 Å². The van der Waals surface area contributed by atoms with Crippen molar-refractivity contribution in [2.45, 2.75) is 0 Å². The zero-order valence-electron chi connectivity index (χ0n) is 66.9. The maximum Gasteiger partial charge on any atom is 0.0535 e. The SMILES string of the molecule is c1ccc2cc(-c3ccc(-n4cc(-c5ccc(-c6cc7ccccc7c7ccccc67)cc5)c5cc(-c6ccc(-c7cc8ccccc8c8ccccc78)cc6)ccc54)cc3)ccc2c1.c1ccc2cc(-c3ccc(-n4cc(-c5ccc(-c6cccc7ccccc67)cc5)c5cc(-c6ccc(-c7cccc8ccccc78)cc6)ccc54)cc3)ccc2c1. The minimum atomic E-state index is 1.13. The van der Waals surface area contributed by atoms with Crippen LogP contribution in [0.3, 0.4) is 0 Å². The maximum atomic E-state index is 2.38. The summed E-state index contributed by atoms with van der Waals surface area (Å²) in [5.74, 6) is 0. The van der Waals surface area contributed by atoms with Gasteiger partial charge in [-0.25, -0.2) is 0 Å². The van der Waals surface area contributed by atoms with Crippen molar-refractivity contribution >= 4 is 108 Å². The third kappa shape index (κ3) is 12.9. The van der Waals surface area contributed by atoms with Gasteiger partial charge in [0, 0.05) is 45.7 Å². The van der Waals surface area contributed by atoms with Crippen LogP contribution in [0, 0.1) is 0 Å². The zero-order chi connectivity index (χ0) is 80.6. The largest absolute Gasteiger partial charge is 0.316 e. The van der Waals surface area contributed by atoms with Gasteiger partial charge in [0.15, 0.2) is 0 Å². The molecule has 0 radical (unpaired) electrons. The number of benzene rings is 22. The normalized spacial score (nSPS) is 11.6. The first-order chi connectivity index (χ1) is 60.4. The Balaban J connectivity index is 0.000000143. The van der Waals surface area contributed by atoms with E-state index in [4.69, 9.17) is 0 Å². The van der Waals surface area contributed by atoms with Gasteiger partial charge in [-0.2, -0.15) is 0 Å². The van der Waals surface area contributed by atoms with E-state index >= 15 is 0 Å². The minimum Gasteiger partial charge on any atom is -0.316 e. The number of rotatable bonds is 12. The van der Waals surface area contributed by atoms with Crippen molar-refractivity contribution in [3.63, 3.8) is 0 Å². The summed E-state index contributed by atoms with van der Waals surface area (Å²) in [6.07, 6.45) is 4.64. The predicted octanol–water partition coefficient (Wildman–Crippen LogP) is 33.2. The Bertz CT molecular complexity index is 8180. The fraction of sp³-hybridized carbons (Fsp3) is 0. The molecule has 0 saturated heterocycles. The second-order valence-electron chi connectivity index (χ2n) is 32.3. The van der Waals surface area contributed by atoms with E-state index in [2.05, 4.69) is 483 Å². The van der Waals surface area contributed by atoms with Crippen molar-refractivity contribution in [1.29, 1.82) is 0 Å². The van der Waals surface area contributed by atoms with Crippen molar-refractivity contribution in [3.05, 3.63) is 473 Å². The molecule has 0 bridgehead atoms. The minimum absolute atomic E-state index is 1.13. The number of nitrogens with zero attached hydrogens (tertiary/aromatic N) is 2. The lowest BCUT2D eigenvalue weighted by Gasteiger charge is -2.12. The molecule has 122 heavy (non-hydrogen) atoms. The van der Waals surface area contributed by atoms with Crippen molar-refractivity contribution in [3.8, 4) is 123 Å². The van der Waals surface area contributed by atoms with Crippen LogP contribution in [-0.2, 0) is 0 Å². The summed E-state index contributed by atoms with van der Waals surface area (Å²) in [4.78, 5) is 0. The summed E-state index contributed by atoms with van der Waals surface area (Å²) in [6.45, 7) is 0. The summed E-state index contributed by atoms with van der Waals surface area (Å²) >= 11 is 0. The van der Waals surface area contributed by atoms with E-state index in [1.165, 1.54) is 219 Å². The highest BCUT2D eigenvalue weighted by Crippen LogP contribution is 2.44. The molecule has 2 heterocycles. The molecule has 0 amide bonds. The Labute approximate surface area is 708 Å². The molecular formula is C120H78N2. The van der Waals surface area contributed by atoms with Gasteiger partial charge in [-0.1, -0.05) is 388 Å². The van der Waals surface area contributed by atoms with Gasteiger partial charge >= 0.3 is 0 Å². The van der Waals surface area contributed by atoms with Crippen LogP contribution in [0.2, 0.25) is 0 Å². The van der Waals surface area contributed by atoms with Crippen LogP contribution in [0.15, 0.2) is 473 Å². The number of hydrogen-bond acceptors (Lipinski definition) is 0. The Morgan fingerprint density at radius 1 is 0.115 bits per heavy atom. The number of aromatic nitrogens is 2. The molecule has 568 valence electrons. The van der Waals surface area contributed by atoms with Gasteiger partial charge in [-0.05, 0) is 259 Å². The first-order valence-corrected chi connectivity index (χ1v) is 42.1. The zero-order valence-corrected chi connectivity index (χ0v) is 66.9. The van der Waals surface area contributed by atoms with Gasteiger partial charge in [-0.15, -0.1) is 0 Å². The molecule has 24 aromatic rings. The van der Waals surface area contributed by atoms with E-state index in [9.17, 15) is 0 Å². The Hall–Kier alpha value is -16.0. The molecular weight excluding hydrogens is 1470 g/mol. The highest BCUT2D eigenvalue weighted by molar-refractivity contribution is 6.16. The number of fused-ring (bicyclic) bond motifs is 12. The lowest BCUT2D eigenvalue weighted by molar-refractivity contribution is 1.13. The molecule has 0 N–H and O–H groups in total. The van der Waals surface area contributed by atoms with Crippen LogP contribution < -0.4 is 0 Å². The first-order valence-electron chi connectivity index (χ1n) is 42.1. The Morgan fingerprint density at radius 2 is 0.369 bits per heavy atom. The monoisotopic (exact) mass is 1550 g/mol. The molecule has 0 fully saturated rings. The predicted molar refractivity (Wildman–Crippen MR) is 521 cm³/mol. The molecule has 0 aliphatic rings. The highest BCUT2D eigenvalue weighted by atomic mass is 15.0. The summed E-state index contributed by atoms with van der Waals surface area (Å²) in [5.41, 5.74) is 28.9. The van der Waals surface area contributed by atoms with Gasteiger partial charge in [-0.3, -0.25) is 0 Å². The van der Waals surface area contributed by atoms with Crippen LogP contribution in [-0.4, -0.2) is 9.13 Å². The summed E-state index contributed by atoms with van der Waals surface area (Å²) in [6, 6.07) is 169. The van der Waals surface area contributed by atoms with Gasteiger partial charge in [0.2, 0.25) is 0 Å². The quantitative estimate of drug-likeness (QED) is 0.108. The maximum absolute atomic E-state index is 2.38. The molecule has 0 aliphatic heterocycles. The molecule has 2 aromatic heterocycles. The topological polar surface area (TPSA) is 9.86 Å². The third-order valence-corrected chi connectivity index (χ3v) is 25.3. The fourth-order valence-electron chi connectivity index (χ4n) is 19.0.